The van der Waals surface area contributed by atoms with E-state index in [4.69, 9.17) is 0 Å². The second-order valence-electron chi connectivity index (χ2n) is 12.4. The van der Waals surface area contributed by atoms with Gasteiger partial charge in [-0.3, -0.25) is 6.08 Å². The molecule has 0 atom stereocenters. The van der Waals surface area contributed by atoms with Crippen LogP contribution >= 0.6 is 0 Å². The van der Waals surface area contributed by atoms with Gasteiger partial charge in [0, 0.05) is 0 Å². The van der Waals surface area contributed by atoms with Gasteiger partial charge in [0.15, 0.2) is 0 Å². The summed E-state index contributed by atoms with van der Waals surface area (Å²) < 4.78 is 1.42. The molecule has 4 aromatic rings. The summed E-state index contributed by atoms with van der Waals surface area (Å²) in [6.45, 7) is 13.6. The fourth-order valence-electron chi connectivity index (χ4n) is 4.70. The zero-order valence-corrected chi connectivity index (χ0v) is 29.5. The zero-order chi connectivity index (χ0) is 28.8. The molecule has 0 amide bonds. The summed E-state index contributed by atoms with van der Waals surface area (Å²) in [6, 6.07) is 36.2. The third-order valence-electron chi connectivity index (χ3n) is 7.24. The van der Waals surface area contributed by atoms with Crippen molar-refractivity contribution in [3.8, 4) is 11.1 Å². The molecule has 42 heavy (non-hydrogen) atoms. The summed E-state index contributed by atoms with van der Waals surface area (Å²) in [5, 5.41) is 0. The van der Waals surface area contributed by atoms with Crippen LogP contribution in [0.4, 0.5) is 0 Å². The van der Waals surface area contributed by atoms with Crippen LogP contribution in [0.2, 0.25) is 0 Å². The van der Waals surface area contributed by atoms with Crippen molar-refractivity contribution in [2.24, 2.45) is 0 Å². The monoisotopic (exact) mass is 668 g/mol. The van der Waals surface area contributed by atoms with Crippen LogP contribution in [0.3, 0.4) is 0 Å². The number of benzene rings is 4. The van der Waals surface area contributed by atoms with E-state index in [9.17, 15) is 0 Å². The molecule has 0 radical (unpaired) electrons. The van der Waals surface area contributed by atoms with Crippen molar-refractivity contribution in [3.05, 3.63) is 155 Å². The number of rotatable bonds is 2. The van der Waals surface area contributed by atoms with Crippen molar-refractivity contribution in [3.63, 3.8) is 0 Å². The molecule has 0 bridgehead atoms. The van der Waals surface area contributed by atoms with Crippen molar-refractivity contribution >= 4 is 3.21 Å². The van der Waals surface area contributed by atoms with Gasteiger partial charge >= 0.3 is 99.2 Å². The predicted molar refractivity (Wildman–Crippen MR) is 169 cm³/mol. The van der Waals surface area contributed by atoms with Gasteiger partial charge in [0.05, 0.1) is 0 Å². The molecule has 0 aliphatic heterocycles. The van der Waals surface area contributed by atoms with Gasteiger partial charge < -0.3 is 24.8 Å². The SMILES string of the molecule is CC(C)(C)c1c[c-]c2c(c1)-c1cc(C(C)(C)C)ccc1C2.[C-]1=CC=CC1.[Cl-].[Cl-].[Zr+2]=[C](c1ccccc1)c1ccccc1. The second kappa shape index (κ2) is 16.0. The molecule has 3 heteroatoms. The molecule has 4 aromatic carbocycles. The number of hydrogen-bond acceptors (Lipinski definition) is 0. The molecule has 0 spiro atoms. The first kappa shape index (κ1) is 35.9. The Hall–Kier alpha value is -2.31. The second-order valence-corrected chi connectivity index (χ2v) is 13.7. The molecule has 0 nitrogen and oxygen atoms in total. The van der Waals surface area contributed by atoms with Gasteiger partial charge in [0.2, 0.25) is 0 Å². The Balaban J connectivity index is 0.000000253. The molecule has 0 heterocycles. The van der Waals surface area contributed by atoms with Crippen molar-refractivity contribution in [2.45, 2.75) is 65.2 Å². The average molecular weight is 671 g/mol. The van der Waals surface area contributed by atoms with Gasteiger partial charge in [-0.15, -0.1) is 12.0 Å². The average Bonchev–Trinajstić information content (AvgIpc) is 3.64. The van der Waals surface area contributed by atoms with E-state index in [0.29, 0.717) is 0 Å². The fourth-order valence-corrected chi connectivity index (χ4v) is 5.52. The topological polar surface area (TPSA) is 0 Å². The number of fused-ring (bicyclic) bond motifs is 3. The molecule has 0 unspecified atom stereocenters. The van der Waals surface area contributed by atoms with Gasteiger partial charge in [-0.1, -0.05) is 76.3 Å². The van der Waals surface area contributed by atoms with E-state index in [2.05, 4.69) is 151 Å². The predicted octanol–water partition coefficient (Wildman–Crippen LogP) is 3.77. The van der Waals surface area contributed by atoms with Crippen LogP contribution in [0.1, 0.15) is 81.3 Å². The van der Waals surface area contributed by atoms with Gasteiger partial charge in [-0.25, -0.2) is 12.2 Å². The van der Waals surface area contributed by atoms with E-state index in [0.717, 1.165) is 12.8 Å². The van der Waals surface area contributed by atoms with Crippen molar-refractivity contribution in [2.75, 3.05) is 0 Å². The standard InChI is InChI=1S/C21H25.C13H10.C5H5.2ClH.Zr/c1-20(2,3)16-9-7-14-11-15-8-10-17(21(4,5)6)13-19(15)18(14)12-16;1-3-7-12(8-4-1)11-13-9-5-2-6-10-13;1-2-4-5-3-1;;;/h7,9-10,12-13H,11H2,1-6H3;1-10H;1-3H,4H2;2*1H;/q-1;;-1;;;+2/p-2. The normalized spacial score (nSPS) is 12.4. The molecule has 6 rings (SSSR count). The Kier molecular flexibility index (Phi) is 13.6. The summed E-state index contributed by atoms with van der Waals surface area (Å²) in [7, 11) is 0. The first-order valence-electron chi connectivity index (χ1n) is 14.1. The maximum atomic E-state index is 3.53. The molecule has 216 valence electrons. The number of hydrogen-bond donors (Lipinski definition) is 0. The minimum absolute atomic E-state index is 0. The minimum atomic E-state index is 0. The Labute approximate surface area is 281 Å². The van der Waals surface area contributed by atoms with E-state index in [1.54, 1.807) is 0 Å². The number of halogens is 2. The summed E-state index contributed by atoms with van der Waals surface area (Å²) in [5.74, 6) is 0. The van der Waals surface area contributed by atoms with Crippen LogP contribution in [0, 0.1) is 12.1 Å². The first-order valence-corrected chi connectivity index (χ1v) is 15.4. The molecule has 2 aliphatic carbocycles. The van der Waals surface area contributed by atoms with E-state index in [-0.39, 0.29) is 35.6 Å². The quantitative estimate of drug-likeness (QED) is 0.251. The zero-order valence-electron chi connectivity index (χ0n) is 25.6. The van der Waals surface area contributed by atoms with Gasteiger partial charge in [0.25, 0.3) is 0 Å². The Morgan fingerprint density at radius 2 is 1.24 bits per heavy atom. The van der Waals surface area contributed by atoms with Gasteiger partial charge in [-0.05, 0) is 17.4 Å². The van der Waals surface area contributed by atoms with E-state index in [1.165, 1.54) is 71.9 Å². The van der Waals surface area contributed by atoms with Crippen molar-refractivity contribution in [1.29, 1.82) is 0 Å². The third-order valence-corrected chi connectivity index (χ3v) is 8.66. The Morgan fingerprint density at radius 3 is 1.69 bits per heavy atom. The number of allylic oxidation sites excluding steroid dienone is 4. The van der Waals surface area contributed by atoms with Crippen LogP contribution < -0.4 is 24.8 Å². The summed E-state index contributed by atoms with van der Waals surface area (Å²) >= 11 is 1.46. The van der Waals surface area contributed by atoms with Crippen molar-refractivity contribution in [1.82, 2.24) is 0 Å². The van der Waals surface area contributed by atoms with Crippen molar-refractivity contribution < 1.29 is 49.0 Å². The molecular weight excluding hydrogens is 631 g/mol. The molecule has 0 saturated heterocycles. The third kappa shape index (κ3) is 9.60. The maximum absolute atomic E-state index is 3.53. The molecule has 0 saturated carbocycles. The van der Waals surface area contributed by atoms with Gasteiger partial charge in [0.1, 0.15) is 0 Å². The van der Waals surface area contributed by atoms with Crippen LogP contribution in [0.5, 0.6) is 0 Å². The molecule has 2 aliphatic rings. The van der Waals surface area contributed by atoms with Crippen LogP contribution in [-0.2, 0) is 41.5 Å². The molecular formula is C39H40Cl2Zr-2. The molecule has 0 fully saturated rings. The van der Waals surface area contributed by atoms with Crippen LogP contribution in [0.15, 0.2) is 109 Å². The molecule has 0 aromatic heterocycles. The van der Waals surface area contributed by atoms with Gasteiger partial charge in [-0.2, -0.15) is 35.4 Å². The van der Waals surface area contributed by atoms with E-state index >= 15 is 0 Å². The van der Waals surface area contributed by atoms with E-state index in [1.807, 2.05) is 12.2 Å². The summed E-state index contributed by atoms with van der Waals surface area (Å²) in [4.78, 5) is 0. The Bertz CT molecular complexity index is 1390. The first-order chi connectivity index (χ1) is 19.0. The molecule has 0 N–H and O–H groups in total. The van der Waals surface area contributed by atoms with Crippen LogP contribution in [-0.4, -0.2) is 3.21 Å². The summed E-state index contributed by atoms with van der Waals surface area (Å²) in [6.07, 6.45) is 11.0. The fraction of sp³-hybridized carbons (Fsp3) is 0.256. The Morgan fingerprint density at radius 1 is 0.690 bits per heavy atom. The summed E-state index contributed by atoms with van der Waals surface area (Å²) in [5.41, 5.74) is 11.4. The van der Waals surface area contributed by atoms with Crippen LogP contribution in [0.25, 0.3) is 11.1 Å². The van der Waals surface area contributed by atoms with E-state index < -0.39 is 0 Å².